The van der Waals surface area contributed by atoms with Crippen LogP contribution in [0.1, 0.15) is 5.82 Å². The minimum Gasteiger partial charge on any atom is -0.332 e. The number of nitrogens with one attached hydrogen (secondary N) is 2. The van der Waals surface area contributed by atoms with Crippen LogP contribution in [0.5, 0.6) is 0 Å². The van der Waals surface area contributed by atoms with Crippen molar-refractivity contribution in [2.45, 2.75) is 11.9 Å². The topological polar surface area (TPSA) is 74.8 Å². The molecule has 18 heavy (non-hydrogen) atoms. The van der Waals surface area contributed by atoms with Crippen molar-refractivity contribution < 1.29 is 12.8 Å². The maximum Gasteiger partial charge on any atom is 0.278 e. The summed E-state index contributed by atoms with van der Waals surface area (Å²) >= 11 is 2.99. The highest BCUT2D eigenvalue weighted by Crippen LogP contribution is 2.21. The third kappa shape index (κ3) is 2.70. The molecule has 0 atom stereocenters. The van der Waals surface area contributed by atoms with Crippen LogP contribution in [0.15, 0.2) is 33.9 Å². The second-order valence-corrected chi connectivity index (χ2v) is 6.07. The van der Waals surface area contributed by atoms with Gasteiger partial charge in [0.15, 0.2) is 5.03 Å². The molecule has 1 aromatic heterocycles. The zero-order chi connectivity index (χ0) is 13.3. The molecule has 2 rings (SSSR count). The van der Waals surface area contributed by atoms with Gasteiger partial charge in [-0.1, -0.05) is 0 Å². The Morgan fingerprint density at radius 3 is 2.72 bits per heavy atom. The second-order valence-electron chi connectivity index (χ2n) is 3.57. The standard InChI is InChI=1S/C10H9BrFN3O2S/c1-6-13-5-10(14-6)18(16,17)15-7-2-3-8(11)9(12)4-7/h2-5,15H,1H3,(H,13,14). The molecule has 1 heterocycles. The van der Waals surface area contributed by atoms with Gasteiger partial charge in [0.2, 0.25) is 0 Å². The number of aryl methyl sites for hydroxylation is 1. The fourth-order valence-electron chi connectivity index (χ4n) is 1.30. The minimum absolute atomic E-state index is 0.0664. The van der Waals surface area contributed by atoms with Crippen LogP contribution in [0.2, 0.25) is 0 Å². The summed E-state index contributed by atoms with van der Waals surface area (Å²) in [7, 11) is -3.77. The van der Waals surface area contributed by atoms with E-state index in [2.05, 4.69) is 30.6 Å². The van der Waals surface area contributed by atoms with Crippen molar-refractivity contribution in [1.82, 2.24) is 9.97 Å². The highest BCUT2D eigenvalue weighted by Gasteiger charge is 2.17. The van der Waals surface area contributed by atoms with E-state index in [4.69, 9.17) is 0 Å². The zero-order valence-corrected chi connectivity index (χ0v) is 11.6. The van der Waals surface area contributed by atoms with Crippen molar-refractivity contribution in [3.63, 3.8) is 0 Å². The fraction of sp³-hybridized carbons (Fsp3) is 0.100. The number of aromatic nitrogens is 2. The number of imidazole rings is 1. The summed E-state index contributed by atoms with van der Waals surface area (Å²) in [6, 6.07) is 3.96. The van der Waals surface area contributed by atoms with Gasteiger partial charge in [-0.3, -0.25) is 4.72 Å². The molecule has 2 N–H and O–H groups in total. The van der Waals surface area contributed by atoms with E-state index >= 15 is 0 Å². The maximum absolute atomic E-state index is 13.3. The molecule has 0 unspecified atom stereocenters. The zero-order valence-electron chi connectivity index (χ0n) is 9.24. The molecule has 96 valence electrons. The summed E-state index contributed by atoms with van der Waals surface area (Å²) in [5.74, 6) is -0.0617. The molecule has 8 heteroatoms. The smallest absolute Gasteiger partial charge is 0.278 e. The Kier molecular flexibility index (Phi) is 3.40. The number of sulfonamides is 1. The number of anilines is 1. The molecule has 1 aromatic carbocycles. The third-order valence-electron chi connectivity index (χ3n) is 2.14. The fourth-order valence-corrected chi connectivity index (χ4v) is 2.57. The Labute approximate surface area is 112 Å². The number of aromatic amines is 1. The quantitative estimate of drug-likeness (QED) is 0.905. The first-order valence-electron chi connectivity index (χ1n) is 4.88. The minimum atomic E-state index is -3.77. The third-order valence-corrected chi connectivity index (χ3v) is 4.07. The van der Waals surface area contributed by atoms with Crippen LogP contribution >= 0.6 is 15.9 Å². The van der Waals surface area contributed by atoms with Gasteiger partial charge in [0.1, 0.15) is 11.6 Å². The van der Waals surface area contributed by atoms with E-state index in [1.54, 1.807) is 6.92 Å². The first-order chi connectivity index (χ1) is 8.38. The van der Waals surface area contributed by atoms with Gasteiger partial charge in [-0.05, 0) is 41.1 Å². The lowest BCUT2D eigenvalue weighted by atomic mass is 10.3. The maximum atomic E-state index is 13.3. The number of halogens is 2. The summed E-state index contributed by atoms with van der Waals surface area (Å²) in [6.07, 6.45) is 1.20. The Morgan fingerprint density at radius 2 is 2.17 bits per heavy atom. The van der Waals surface area contributed by atoms with Crippen molar-refractivity contribution >= 4 is 31.6 Å². The molecular formula is C10H9BrFN3O2S. The molecule has 0 spiro atoms. The van der Waals surface area contributed by atoms with Gasteiger partial charge in [0, 0.05) is 0 Å². The van der Waals surface area contributed by atoms with E-state index < -0.39 is 15.8 Å². The van der Waals surface area contributed by atoms with Crippen LogP contribution in [0.3, 0.4) is 0 Å². The highest BCUT2D eigenvalue weighted by atomic mass is 79.9. The van der Waals surface area contributed by atoms with E-state index in [-0.39, 0.29) is 15.2 Å². The molecule has 0 aliphatic heterocycles. The molecule has 0 saturated carbocycles. The second kappa shape index (κ2) is 4.69. The number of benzene rings is 1. The Bertz CT molecular complexity index is 684. The molecule has 0 amide bonds. The van der Waals surface area contributed by atoms with Gasteiger partial charge in [-0.15, -0.1) is 0 Å². The average molecular weight is 334 g/mol. The first kappa shape index (κ1) is 13.0. The van der Waals surface area contributed by atoms with Crippen LogP contribution in [0.4, 0.5) is 10.1 Å². The number of rotatable bonds is 3. The number of nitrogens with zero attached hydrogens (tertiary/aromatic N) is 1. The van der Waals surface area contributed by atoms with E-state index in [1.807, 2.05) is 0 Å². The molecule has 0 fully saturated rings. The molecule has 0 saturated heterocycles. The van der Waals surface area contributed by atoms with E-state index in [9.17, 15) is 12.8 Å². The highest BCUT2D eigenvalue weighted by molar-refractivity contribution is 9.10. The van der Waals surface area contributed by atoms with Crippen molar-refractivity contribution in [3.8, 4) is 0 Å². The van der Waals surface area contributed by atoms with Gasteiger partial charge in [-0.2, -0.15) is 8.42 Å². The number of hydrogen-bond donors (Lipinski definition) is 2. The predicted octanol–water partition coefficient (Wildman–Crippen LogP) is 2.42. The van der Waals surface area contributed by atoms with Gasteiger partial charge in [0.25, 0.3) is 10.0 Å². The average Bonchev–Trinajstić information content (AvgIpc) is 2.71. The summed E-state index contributed by atoms with van der Waals surface area (Å²) in [5.41, 5.74) is 0.142. The Balaban J connectivity index is 2.30. The van der Waals surface area contributed by atoms with Gasteiger partial charge >= 0.3 is 0 Å². The van der Waals surface area contributed by atoms with Crippen molar-refractivity contribution in [2.75, 3.05) is 4.72 Å². The summed E-state index contributed by atoms with van der Waals surface area (Å²) in [5, 5.41) is -0.0664. The SMILES string of the molecule is Cc1ncc(S(=O)(=O)Nc2ccc(Br)c(F)c2)[nH]1. The lowest BCUT2D eigenvalue weighted by molar-refractivity contribution is 0.598. The Hall–Kier alpha value is -1.41. The molecule has 0 bridgehead atoms. The van der Waals surface area contributed by atoms with Crippen molar-refractivity contribution in [3.05, 3.63) is 40.5 Å². The van der Waals surface area contributed by atoms with Gasteiger partial charge in [0.05, 0.1) is 16.4 Å². The van der Waals surface area contributed by atoms with E-state index in [0.29, 0.717) is 5.82 Å². The van der Waals surface area contributed by atoms with Crippen molar-refractivity contribution in [2.24, 2.45) is 0 Å². The van der Waals surface area contributed by atoms with Gasteiger partial charge in [-0.25, -0.2) is 9.37 Å². The van der Waals surface area contributed by atoms with Crippen LogP contribution in [-0.2, 0) is 10.0 Å². The van der Waals surface area contributed by atoms with Crippen LogP contribution in [0.25, 0.3) is 0 Å². The largest absolute Gasteiger partial charge is 0.332 e. The summed E-state index contributed by atoms with van der Waals surface area (Å²) in [4.78, 5) is 6.40. The normalized spacial score (nSPS) is 11.5. The monoisotopic (exact) mass is 333 g/mol. The molecule has 2 aromatic rings. The van der Waals surface area contributed by atoms with Crippen LogP contribution in [0, 0.1) is 12.7 Å². The van der Waals surface area contributed by atoms with Crippen molar-refractivity contribution in [1.29, 1.82) is 0 Å². The van der Waals surface area contributed by atoms with Gasteiger partial charge < -0.3 is 4.98 Å². The number of H-pyrrole nitrogens is 1. The Morgan fingerprint density at radius 1 is 1.44 bits per heavy atom. The molecule has 0 radical (unpaired) electrons. The molecular weight excluding hydrogens is 325 g/mol. The summed E-state index contributed by atoms with van der Waals surface area (Å²) < 4.78 is 39.6. The van der Waals surface area contributed by atoms with Crippen LogP contribution in [-0.4, -0.2) is 18.4 Å². The lowest BCUT2D eigenvalue weighted by Gasteiger charge is -2.06. The van der Waals surface area contributed by atoms with E-state index in [0.717, 1.165) is 6.07 Å². The van der Waals surface area contributed by atoms with E-state index in [1.165, 1.54) is 18.3 Å². The predicted molar refractivity (Wildman–Crippen MR) is 68.2 cm³/mol. The number of hydrogen-bond acceptors (Lipinski definition) is 3. The summed E-state index contributed by atoms with van der Waals surface area (Å²) in [6.45, 7) is 1.64. The molecule has 0 aliphatic rings. The molecule has 0 aliphatic carbocycles. The first-order valence-corrected chi connectivity index (χ1v) is 7.15. The van der Waals surface area contributed by atoms with Crippen LogP contribution < -0.4 is 4.72 Å². The molecule has 5 nitrogen and oxygen atoms in total. The lowest BCUT2D eigenvalue weighted by Crippen LogP contribution is -2.13.